The monoisotopic (exact) mass is 432 g/mol. The first kappa shape index (κ1) is 25.5. The molecule has 0 aliphatic carbocycles. The first-order valence-corrected chi connectivity index (χ1v) is 11.6. The Balaban J connectivity index is 0.000000344. The van der Waals surface area contributed by atoms with Crippen LogP contribution in [0.1, 0.15) is 61.0 Å². The summed E-state index contributed by atoms with van der Waals surface area (Å²) in [5.41, 5.74) is 0.458. The molecule has 1 unspecified atom stereocenters. The van der Waals surface area contributed by atoms with Crippen molar-refractivity contribution in [3.05, 3.63) is 108 Å². The lowest BCUT2D eigenvalue weighted by molar-refractivity contribution is 0.0299. The number of carbonyl (C=O) groups is 1. The van der Waals surface area contributed by atoms with Gasteiger partial charge in [-0.3, -0.25) is 4.79 Å². The van der Waals surface area contributed by atoms with Crippen LogP contribution in [0.2, 0.25) is 0 Å². The van der Waals surface area contributed by atoms with E-state index in [0.717, 1.165) is 18.8 Å². The molecule has 3 heteroatoms. The van der Waals surface area contributed by atoms with Crippen LogP contribution < -0.4 is 0 Å². The molecular formula is C29H36O3. The fourth-order valence-corrected chi connectivity index (χ4v) is 3.34. The molecule has 0 spiro atoms. The Kier molecular flexibility index (Phi) is 11.4. The van der Waals surface area contributed by atoms with Gasteiger partial charge in [0.25, 0.3) is 0 Å². The minimum Gasteiger partial charge on any atom is -0.381 e. The van der Waals surface area contributed by atoms with Gasteiger partial charge in [0.2, 0.25) is 0 Å². The molecular weight excluding hydrogens is 396 g/mol. The predicted molar refractivity (Wildman–Crippen MR) is 132 cm³/mol. The Morgan fingerprint density at radius 1 is 0.750 bits per heavy atom. The topological polar surface area (TPSA) is 46.5 Å². The minimum atomic E-state index is -1.58. The van der Waals surface area contributed by atoms with Crippen LogP contribution in [-0.4, -0.2) is 24.1 Å². The fourth-order valence-electron chi connectivity index (χ4n) is 3.34. The van der Waals surface area contributed by atoms with Crippen LogP contribution in [-0.2, 0) is 16.8 Å². The second-order valence-corrected chi connectivity index (χ2v) is 7.90. The second-order valence-electron chi connectivity index (χ2n) is 7.90. The van der Waals surface area contributed by atoms with Gasteiger partial charge in [-0.15, -0.1) is 0 Å². The first-order valence-electron chi connectivity index (χ1n) is 11.6. The number of ketones is 1. The highest BCUT2D eigenvalue weighted by Crippen LogP contribution is 2.30. The van der Waals surface area contributed by atoms with Gasteiger partial charge in [0.1, 0.15) is 0 Å². The van der Waals surface area contributed by atoms with Crippen molar-refractivity contribution in [3.8, 4) is 0 Å². The highest BCUT2D eigenvalue weighted by molar-refractivity contribution is 6.03. The molecule has 3 nitrogen and oxygen atoms in total. The summed E-state index contributed by atoms with van der Waals surface area (Å²) in [7, 11) is 0. The van der Waals surface area contributed by atoms with E-state index in [0.29, 0.717) is 11.1 Å². The van der Waals surface area contributed by atoms with Gasteiger partial charge >= 0.3 is 0 Å². The fraction of sp³-hybridized carbons (Fsp3) is 0.345. The number of aliphatic hydroxyl groups is 1. The first-order chi connectivity index (χ1) is 15.6. The Hall–Kier alpha value is -2.75. The molecule has 0 aliphatic rings. The summed E-state index contributed by atoms with van der Waals surface area (Å²) in [6.07, 6.45) is 5.15. The summed E-state index contributed by atoms with van der Waals surface area (Å²) >= 11 is 0. The van der Waals surface area contributed by atoms with Crippen LogP contribution in [0, 0.1) is 0 Å². The number of carbonyl (C=O) groups excluding carboxylic acids is 1. The van der Waals surface area contributed by atoms with E-state index in [9.17, 15) is 9.90 Å². The maximum Gasteiger partial charge on any atom is 0.199 e. The summed E-state index contributed by atoms with van der Waals surface area (Å²) in [5.74, 6) is -0.284. The zero-order chi connectivity index (χ0) is 23.1. The van der Waals surface area contributed by atoms with Crippen molar-refractivity contribution in [2.24, 2.45) is 0 Å². The quantitative estimate of drug-likeness (QED) is 0.274. The van der Waals surface area contributed by atoms with Crippen molar-refractivity contribution >= 4 is 5.78 Å². The molecule has 3 rings (SSSR count). The molecule has 0 saturated carbocycles. The van der Waals surface area contributed by atoms with E-state index in [-0.39, 0.29) is 12.2 Å². The third-order valence-electron chi connectivity index (χ3n) is 5.25. The molecule has 0 aliphatic heterocycles. The van der Waals surface area contributed by atoms with E-state index in [1.165, 1.54) is 25.7 Å². The van der Waals surface area contributed by atoms with Gasteiger partial charge in [0, 0.05) is 25.2 Å². The Morgan fingerprint density at radius 3 is 1.72 bits per heavy atom. The maximum absolute atomic E-state index is 13.0. The number of unbranched alkanes of at least 4 members (excludes halogenated alkanes) is 2. The normalized spacial score (nSPS) is 12.3. The van der Waals surface area contributed by atoms with Crippen molar-refractivity contribution in [2.45, 2.75) is 51.6 Å². The van der Waals surface area contributed by atoms with Gasteiger partial charge in [-0.2, -0.15) is 0 Å². The molecule has 0 aromatic heterocycles. The van der Waals surface area contributed by atoms with Gasteiger partial charge in [-0.1, -0.05) is 118 Å². The SMILES string of the molecule is CCCCOCCCC.O=C(c1ccccc1)C(O)(Cc1ccccc1)c1ccccc1. The Labute approximate surface area is 193 Å². The molecule has 0 radical (unpaired) electrons. The minimum absolute atomic E-state index is 0.242. The van der Waals surface area contributed by atoms with E-state index in [4.69, 9.17) is 4.74 Å². The van der Waals surface area contributed by atoms with Crippen LogP contribution >= 0.6 is 0 Å². The summed E-state index contributed by atoms with van der Waals surface area (Å²) < 4.78 is 5.31. The molecule has 3 aromatic rings. The molecule has 3 aromatic carbocycles. The average Bonchev–Trinajstić information content (AvgIpc) is 2.85. The zero-order valence-electron chi connectivity index (χ0n) is 19.4. The molecule has 1 atom stereocenters. The van der Waals surface area contributed by atoms with Gasteiger partial charge in [0.15, 0.2) is 11.4 Å². The smallest absolute Gasteiger partial charge is 0.199 e. The molecule has 0 fully saturated rings. The van der Waals surface area contributed by atoms with Crippen LogP contribution in [0.5, 0.6) is 0 Å². The number of rotatable bonds is 11. The Morgan fingerprint density at radius 2 is 1.22 bits per heavy atom. The standard InChI is InChI=1S/C21H18O2.C8H18O/c22-20(18-12-6-2-7-13-18)21(23,19-14-8-3-9-15-19)16-17-10-4-1-5-11-17;1-3-5-7-9-8-6-4-2/h1-15,23H,16H2;3-8H2,1-2H3. The largest absolute Gasteiger partial charge is 0.381 e. The third kappa shape index (κ3) is 8.07. The van der Waals surface area contributed by atoms with Crippen molar-refractivity contribution in [1.82, 2.24) is 0 Å². The number of benzene rings is 3. The van der Waals surface area contributed by atoms with E-state index in [2.05, 4.69) is 13.8 Å². The number of Topliss-reactive ketones (excluding diaryl/α,β-unsaturated/α-hetero) is 1. The lowest BCUT2D eigenvalue weighted by atomic mass is 9.81. The lowest BCUT2D eigenvalue weighted by Gasteiger charge is -2.27. The van der Waals surface area contributed by atoms with Crippen molar-refractivity contribution < 1.29 is 14.6 Å². The molecule has 0 heterocycles. The maximum atomic E-state index is 13.0. The zero-order valence-corrected chi connectivity index (χ0v) is 19.4. The highest BCUT2D eigenvalue weighted by atomic mass is 16.5. The summed E-state index contributed by atoms with van der Waals surface area (Å²) in [6.45, 7) is 6.28. The van der Waals surface area contributed by atoms with E-state index < -0.39 is 5.60 Å². The second kappa shape index (κ2) is 14.3. The van der Waals surface area contributed by atoms with Gasteiger partial charge in [-0.25, -0.2) is 0 Å². The van der Waals surface area contributed by atoms with E-state index in [1.807, 2.05) is 54.6 Å². The molecule has 1 N–H and O–H groups in total. The highest BCUT2D eigenvalue weighted by Gasteiger charge is 2.38. The van der Waals surface area contributed by atoms with Gasteiger partial charge in [0.05, 0.1) is 0 Å². The van der Waals surface area contributed by atoms with Crippen molar-refractivity contribution in [2.75, 3.05) is 13.2 Å². The van der Waals surface area contributed by atoms with E-state index in [1.54, 1.807) is 36.4 Å². The molecule has 0 amide bonds. The van der Waals surface area contributed by atoms with Gasteiger partial charge < -0.3 is 9.84 Å². The van der Waals surface area contributed by atoms with Gasteiger partial charge in [-0.05, 0) is 24.0 Å². The average molecular weight is 433 g/mol. The van der Waals surface area contributed by atoms with Crippen molar-refractivity contribution in [3.63, 3.8) is 0 Å². The third-order valence-corrected chi connectivity index (χ3v) is 5.25. The van der Waals surface area contributed by atoms with Crippen LogP contribution in [0.3, 0.4) is 0 Å². The molecule has 0 bridgehead atoms. The number of ether oxygens (including phenoxy) is 1. The molecule has 32 heavy (non-hydrogen) atoms. The van der Waals surface area contributed by atoms with Crippen LogP contribution in [0.25, 0.3) is 0 Å². The molecule has 170 valence electrons. The van der Waals surface area contributed by atoms with Crippen LogP contribution in [0.4, 0.5) is 0 Å². The summed E-state index contributed by atoms with van der Waals surface area (Å²) in [6, 6.07) is 27.7. The summed E-state index contributed by atoms with van der Waals surface area (Å²) in [4.78, 5) is 13.0. The Bertz CT molecular complexity index is 872. The summed E-state index contributed by atoms with van der Waals surface area (Å²) in [5, 5.41) is 11.3. The predicted octanol–water partition coefficient (Wildman–Crippen LogP) is 6.60. The van der Waals surface area contributed by atoms with Crippen molar-refractivity contribution in [1.29, 1.82) is 0 Å². The lowest BCUT2D eigenvalue weighted by Crippen LogP contribution is -2.38. The number of hydrogen-bond acceptors (Lipinski definition) is 3. The molecule has 0 saturated heterocycles. The van der Waals surface area contributed by atoms with Crippen LogP contribution in [0.15, 0.2) is 91.0 Å². The van der Waals surface area contributed by atoms with E-state index >= 15 is 0 Å². The number of hydrogen-bond donors (Lipinski definition) is 1.